The quantitative estimate of drug-likeness (QED) is 0.820. The van der Waals surface area contributed by atoms with Gasteiger partial charge in [0, 0.05) is 11.1 Å². The third kappa shape index (κ3) is 4.05. The molecule has 1 N–H and O–H groups in total. The zero-order chi connectivity index (χ0) is 15.4. The predicted octanol–water partition coefficient (Wildman–Crippen LogP) is 4.99. The van der Waals surface area contributed by atoms with Gasteiger partial charge in [-0.2, -0.15) is 0 Å². The summed E-state index contributed by atoms with van der Waals surface area (Å²) >= 11 is 6.39. The average molecular weight is 306 g/mol. The Hall–Kier alpha value is -1.38. The van der Waals surface area contributed by atoms with Crippen LogP contribution in [0, 0.1) is 19.7 Å². The van der Waals surface area contributed by atoms with E-state index in [9.17, 15) is 4.39 Å². The van der Waals surface area contributed by atoms with Gasteiger partial charge in [-0.3, -0.25) is 0 Å². The first kappa shape index (κ1) is 16.0. The molecule has 0 saturated heterocycles. The summed E-state index contributed by atoms with van der Waals surface area (Å²) in [5, 5.41) is 4.25. The van der Waals surface area contributed by atoms with E-state index in [0.717, 1.165) is 40.2 Å². The fourth-order valence-electron chi connectivity index (χ4n) is 2.56. The van der Waals surface area contributed by atoms with E-state index in [-0.39, 0.29) is 11.9 Å². The van der Waals surface area contributed by atoms with Gasteiger partial charge in [0.1, 0.15) is 5.82 Å². The lowest BCUT2D eigenvalue weighted by Crippen LogP contribution is -2.23. The maximum atomic E-state index is 13.2. The van der Waals surface area contributed by atoms with Crippen molar-refractivity contribution in [2.24, 2.45) is 0 Å². The Kier molecular flexibility index (Phi) is 5.38. The second-order valence-corrected chi connectivity index (χ2v) is 5.82. The Morgan fingerprint density at radius 3 is 2.52 bits per heavy atom. The molecule has 0 aliphatic heterocycles. The number of nitrogens with one attached hydrogen (secondary N) is 1. The predicted molar refractivity (Wildman–Crippen MR) is 87.4 cm³/mol. The van der Waals surface area contributed by atoms with E-state index in [0.29, 0.717) is 0 Å². The number of hydrogen-bond acceptors (Lipinski definition) is 1. The molecule has 1 atom stereocenters. The molecule has 0 spiro atoms. The van der Waals surface area contributed by atoms with Crippen LogP contribution < -0.4 is 5.32 Å². The minimum atomic E-state index is -0.190. The Balaban J connectivity index is 2.30. The van der Waals surface area contributed by atoms with Crippen LogP contribution in [0.2, 0.25) is 5.02 Å². The summed E-state index contributed by atoms with van der Waals surface area (Å²) < 4.78 is 13.2. The van der Waals surface area contributed by atoms with Crippen LogP contribution >= 0.6 is 11.6 Å². The van der Waals surface area contributed by atoms with E-state index in [2.05, 4.69) is 24.4 Å². The highest BCUT2D eigenvalue weighted by molar-refractivity contribution is 6.31. The molecule has 3 heteroatoms. The van der Waals surface area contributed by atoms with Crippen molar-refractivity contribution in [1.82, 2.24) is 5.32 Å². The van der Waals surface area contributed by atoms with Gasteiger partial charge in [-0.15, -0.1) is 0 Å². The topological polar surface area (TPSA) is 12.0 Å². The molecule has 0 heterocycles. The zero-order valence-corrected chi connectivity index (χ0v) is 13.5. The van der Waals surface area contributed by atoms with E-state index < -0.39 is 0 Å². The van der Waals surface area contributed by atoms with Crippen LogP contribution in [-0.2, 0) is 6.42 Å². The number of hydrogen-bond donors (Lipinski definition) is 1. The summed E-state index contributed by atoms with van der Waals surface area (Å²) in [6.45, 7) is 6.90. The summed E-state index contributed by atoms with van der Waals surface area (Å²) in [5.74, 6) is -0.190. The maximum Gasteiger partial charge on any atom is 0.123 e. The van der Waals surface area contributed by atoms with Crippen molar-refractivity contribution >= 4 is 11.6 Å². The highest BCUT2D eigenvalue weighted by Crippen LogP contribution is 2.27. The molecule has 21 heavy (non-hydrogen) atoms. The van der Waals surface area contributed by atoms with Crippen molar-refractivity contribution in [3.63, 3.8) is 0 Å². The number of benzene rings is 2. The fourth-order valence-corrected chi connectivity index (χ4v) is 2.93. The second-order valence-electron chi connectivity index (χ2n) is 5.41. The highest BCUT2D eigenvalue weighted by Gasteiger charge is 2.15. The van der Waals surface area contributed by atoms with Gasteiger partial charge in [0.15, 0.2) is 0 Å². The van der Waals surface area contributed by atoms with E-state index in [1.54, 1.807) is 6.07 Å². The van der Waals surface area contributed by atoms with Crippen LogP contribution in [0.25, 0.3) is 0 Å². The summed E-state index contributed by atoms with van der Waals surface area (Å²) in [6, 6.07) is 11.2. The number of likely N-dealkylation sites (N-methyl/N-ethyl adjacent to an activating group) is 1. The summed E-state index contributed by atoms with van der Waals surface area (Å²) in [4.78, 5) is 0. The lowest BCUT2D eigenvalue weighted by atomic mass is 9.95. The summed E-state index contributed by atoms with van der Waals surface area (Å²) in [7, 11) is 0. The first-order valence-corrected chi connectivity index (χ1v) is 7.63. The highest BCUT2D eigenvalue weighted by atomic mass is 35.5. The van der Waals surface area contributed by atoms with Crippen LogP contribution in [0.3, 0.4) is 0 Å². The molecule has 0 aromatic heterocycles. The van der Waals surface area contributed by atoms with Crippen LogP contribution in [0.4, 0.5) is 4.39 Å². The number of aryl methyl sites for hydroxylation is 2. The van der Waals surface area contributed by atoms with Crippen LogP contribution in [0.15, 0.2) is 36.4 Å². The van der Waals surface area contributed by atoms with Crippen molar-refractivity contribution in [3.05, 3.63) is 69.5 Å². The smallest absolute Gasteiger partial charge is 0.123 e. The monoisotopic (exact) mass is 305 g/mol. The van der Waals surface area contributed by atoms with Gasteiger partial charge in [0.05, 0.1) is 0 Å². The first-order valence-electron chi connectivity index (χ1n) is 7.25. The molecule has 0 aliphatic rings. The molecule has 112 valence electrons. The molecule has 0 radical (unpaired) electrons. The maximum absolute atomic E-state index is 13.2. The molecular weight excluding hydrogens is 285 g/mol. The minimum Gasteiger partial charge on any atom is -0.310 e. The van der Waals surface area contributed by atoms with Gasteiger partial charge in [-0.05, 0) is 67.3 Å². The van der Waals surface area contributed by atoms with Crippen molar-refractivity contribution < 1.29 is 4.39 Å². The average Bonchev–Trinajstić information content (AvgIpc) is 2.41. The zero-order valence-electron chi connectivity index (χ0n) is 12.7. The number of rotatable bonds is 5. The SMILES string of the molecule is CCNC(Cc1ccc(F)cc1C)c1ccc(C)cc1Cl. The van der Waals surface area contributed by atoms with Gasteiger partial charge >= 0.3 is 0 Å². The van der Waals surface area contributed by atoms with Gasteiger partial charge in [-0.1, -0.05) is 36.7 Å². The molecule has 1 nitrogen and oxygen atoms in total. The van der Waals surface area contributed by atoms with E-state index in [1.165, 1.54) is 6.07 Å². The molecular formula is C18H21ClFN. The van der Waals surface area contributed by atoms with Gasteiger partial charge in [0.25, 0.3) is 0 Å². The summed E-state index contributed by atoms with van der Waals surface area (Å²) in [5.41, 5.74) is 4.35. The molecule has 0 aliphatic carbocycles. The molecule has 0 amide bonds. The van der Waals surface area contributed by atoms with Gasteiger partial charge in [-0.25, -0.2) is 4.39 Å². The summed E-state index contributed by atoms with van der Waals surface area (Å²) in [6.07, 6.45) is 0.794. The van der Waals surface area contributed by atoms with Crippen molar-refractivity contribution in [2.45, 2.75) is 33.2 Å². The lowest BCUT2D eigenvalue weighted by molar-refractivity contribution is 0.547. The molecule has 2 rings (SSSR count). The molecule has 0 saturated carbocycles. The first-order chi connectivity index (χ1) is 10.0. The van der Waals surface area contributed by atoms with E-state index in [1.807, 2.05) is 26.0 Å². The minimum absolute atomic E-state index is 0.132. The van der Waals surface area contributed by atoms with Crippen LogP contribution in [0.1, 0.15) is 35.2 Å². The molecule has 1 unspecified atom stereocenters. The standard InChI is InChI=1S/C18H21ClFN/c1-4-21-18(16-8-5-12(2)9-17(16)19)11-14-6-7-15(20)10-13(14)3/h5-10,18,21H,4,11H2,1-3H3. The van der Waals surface area contributed by atoms with Crippen molar-refractivity contribution in [2.75, 3.05) is 6.54 Å². The molecule has 2 aromatic carbocycles. The van der Waals surface area contributed by atoms with Crippen LogP contribution in [-0.4, -0.2) is 6.54 Å². The molecule has 0 fully saturated rings. The Morgan fingerprint density at radius 1 is 1.14 bits per heavy atom. The Morgan fingerprint density at radius 2 is 1.90 bits per heavy atom. The Bertz CT molecular complexity index is 625. The van der Waals surface area contributed by atoms with E-state index in [4.69, 9.17) is 11.6 Å². The second kappa shape index (κ2) is 7.06. The number of halogens is 2. The van der Waals surface area contributed by atoms with Crippen LogP contribution in [0.5, 0.6) is 0 Å². The third-order valence-corrected chi connectivity index (χ3v) is 4.04. The Labute approximate surface area is 131 Å². The van der Waals surface area contributed by atoms with Crippen molar-refractivity contribution in [1.29, 1.82) is 0 Å². The fraction of sp³-hybridized carbons (Fsp3) is 0.333. The molecule has 2 aromatic rings. The van der Waals surface area contributed by atoms with Crippen molar-refractivity contribution in [3.8, 4) is 0 Å². The third-order valence-electron chi connectivity index (χ3n) is 3.71. The lowest BCUT2D eigenvalue weighted by Gasteiger charge is -2.21. The largest absolute Gasteiger partial charge is 0.310 e. The normalized spacial score (nSPS) is 12.4. The van der Waals surface area contributed by atoms with E-state index >= 15 is 0 Å². The van der Waals surface area contributed by atoms with Gasteiger partial charge < -0.3 is 5.32 Å². The van der Waals surface area contributed by atoms with Gasteiger partial charge in [0.2, 0.25) is 0 Å². The molecule has 0 bridgehead atoms.